The summed E-state index contributed by atoms with van der Waals surface area (Å²) in [4.78, 5) is 7.38. The van der Waals surface area contributed by atoms with Crippen molar-refractivity contribution in [3.05, 3.63) is 69.7 Å². The van der Waals surface area contributed by atoms with Crippen LogP contribution in [0.4, 0.5) is 18.9 Å². The number of allylic oxidation sites excluding steroid dienone is 1. The van der Waals surface area contributed by atoms with Gasteiger partial charge in [-0.1, -0.05) is 47.5 Å². The van der Waals surface area contributed by atoms with Crippen LogP contribution in [0.5, 0.6) is 0 Å². The van der Waals surface area contributed by atoms with Gasteiger partial charge in [-0.3, -0.25) is 0 Å². The van der Waals surface area contributed by atoms with Crippen molar-refractivity contribution in [2.45, 2.75) is 12.1 Å². The highest BCUT2D eigenvalue weighted by molar-refractivity contribution is 8.05. The highest BCUT2D eigenvalue weighted by Gasteiger charge is 2.39. The monoisotopic (exact) mass is 477 g/mol. The molecule has 0 spiro atoms. The van der Waals surface area contributed by atoms with E-state index in [9.17, 15) is 21.6 Å². The molecule has 5 nitrogen and oxygen atoms in total. The first-order chi connectivity index (χ1) is 13.9. The molecular weight excluding hydrogens is 462 g/mol. The summed E-state index contributed by atoms with van der Waals surface area (Å²) in [7, 11) is -3.70. The minimum absolute atomic E-state index is 0.0880. The molecule has 0 aliphatic carbocycles. The molecule has 160 valence electrons. The minimum atomic E-state index is -4.56. The van der Waals surface area contributed by atoms with Crippen LogP contribution in [-0.2, 0) is 9.84 Å². The summed E-state index contributed by atoms with van der Waals surface area (Å²) in [6.45, 7) is 0. The predicted molar refractivity (Wildman–Crippen MR) is 115 cm³/mol. The van der Waals surface area contributed by atoms with Gasteiger partial charge in [-0.15, -0.1) is 0 Å². The molecule has 2 rings (SSSR count). The normalized spacial score (nSPS) is 14.5. The van der Waals surface area contributed by atoms with Gasteiger partial charge in [-0.2, -0.15) is 13.2 Å². The fourth-order valence-corrected chi connectivity index (χ4v) is 3.48. The van der Waals surface area contributed by atoms with Gasteiger partial charge in [-0.05, 0) is 41.5 Å². The molecule has 0 aliphatic heterocycles. The van der Waals surface area contributed by atoms with E-state index in [1.165, 1.54) is 48.5 Å². The highest BCUT2D eigenvalue weighted by atomic mass is 35.5. The third-order valence-electron chi connectivity index (χ3n) is 3.71. The number of aliphatic imine (C=N–C) groups is 2. The Morgan fingerprint density at radius 1 is 1.10 bits per heavy atom. The Morgan fingerprint density at radius 2 is 1.67 bits per heavy atom. The topological polar surface area (TPSA) is 84.9 Å². The Labute approximate surface area is 181 Å². The zero-order chi connectivity index (χ0) is 22.5. The summed E-state index contributed by atoms with van der Waals surface area (Å²) in [5.41, 5.74) is 5.72. The van der Waals surface area contributed by atoms with E-state index < -0.39 is 27.1 Å². The van der Waals surface area contributed by atoms with Crippen molar-refractivity contribution >= 4 is 56.3 Å². The smallest absolute Gasteiger partial charge is 0.390 e. The van der Waals surface area contributed by atoms with Crippen LogP contribution >= 0.6 is 23.2 Å². The third-order valence-corrected chi connectivity index (χ3v) is 5.01. The Kier molecular flexibility index (Phi) is 7.68. The lowest BCUT2D eigenvalue weighted by Crippen LogP contribution is -2.18. The molecule has 11 heteroatoms. The zero-order valence-electron chi connectivity index (χ0n) is 15.4. The quantitative estimate of drug-likeness (QED) is 0.474. The third kappa shape index (κ3) is 6.86. The number of nitrogens with zero attached hydrogens (tertiary/aromatic N) is 2. The van der Waals surface area contributed by atoms with Crippen LogP contribution in [0.3, 0.4) is 0 Å². The summed E-state index contributed by atoms with van der Waals surface area (Å²) in [5.74, 6) is -1.91. The largest absolute Gasteiger partial charge is 0.399 e. The maximum absolute atomic E-state index is 13.5. The Balaban J connectivity index is 2.33. The lowest BCUT2D eigenvalue weighted by Gasteiger charge is -2.18. The lowest BCUT2D eigenvalue weighted by molar-refractivity contribution is -0.139. The molecule has 0 radical (unpaired) electrons. The number of hydrogen-bond acceptors (Lipinski definition) is 3. The molecule has 0 heterocycles. The Bertz CT molecular complexity index is 1080. The van der Waals surface area contributed by atoms with Gasteiger partial charge in [0, 0.05) is 16.3 Å². The summed E-state index contributed by atoms with van der Waals surface area (Å²) in [6.07, 6.45) is -0.554. The van der Waals surface area contributed by atoms with Crippen LogP contribution < -0.4 is 5.73 Å². The van der Waals surface area contributed by atoms with Crippen LogP contribution in [0, 0.1) is 0 Å². The van der Waals surface area contributed by atoms with Crippen molar-refractivity contribution in [1.82, 2.24) is 0 Å². The van der Waals surface area contributed by atoms with E-state index in [0.717, 1.165) is 18.7 Å². The molecule has 0 bridgehead atoms. The molecule has 1 unspecified atom stereocenters. The molecule has 2 aromatic carbocycles. The maximum Gasteiger partial charge on any atom is 0.399 e. The molecule has 0 amide bonds. The van der Waals surface area contributed by atoms with Gasteiger partial charge >= 0.3 is 6.18 Å². The summed E-state index contributed by atoms with van der Waals surface area (Å²) >= 11 is 11.7. The summed E-state index contributed by atoms with van der Waals surface area (Å²) < 4.78 is 63.8. The number of alkyl halides is 3. The van der Waals surface area contributed by atoms with Gasteiger partial charge in [0.25, 0.3) is 0 Å². The molecule has 0 saturated carbocycles. The van der Waals surface area contributed by atoms with E-state index in [4.69, 9.17) is 28.9 Å². The minimum Gasteiger partial charge on any atom is -0.390 e. The molecule has 0 saturated heterocycles. The number of amidine groups is 1. The van der Waals surface area contributed by atoms with E-state index >= 15 is 0 Å². The molecule has 2 aromatic rings. The fourth-order valence-electron chi connectivity index (χ4n) is 2.41. The molecule has 30 heavy (non-hydrogen) atoms. The molecule has 0 aromatic heterocycles. The second-order valence-corrected chi connectivity index (χ2v) is 8.90. The molecule has 1 atom stereocenters. The second-order valence-electron chi connectivity index (χ2n) is 6.12. The van der Waals surface area contributed by atoms with Crippen LogP contribution in [0.2, 0.25) is 10.0 Å². The highest BCUT2D eigenvalue weighted by Crippen LogP contribution is 2.38. The van der Waals surface area contributed by atoms with E-state index in [0.29, 0.717) is 5.56 Å². The average Bonchev–Trinajstić information content (AvgIpc) is 2.60. The number of halogens is 5. The zero-order valence-corrected chi connectivity index (χ0v) is 17.8. The maximum atomic E-state index is 13.5. The van der Waals surface area contributed by atoms with Crippen molar-refractivity contribution in [3.63, 3.8) is 0 Å². The van der Waals surface area contributed by atoms with Crippen molar-refractivity contribution in [1.29, 1.82) is 0 Å². The number of nitrogens with two attached hydrogens (primary N) is 1. The van der Waals surface area contributed by atoms with Gasteiger partial charge in [0.2, 0.25) is 15.0 Å². The predicted octanol–water partition coefficient (Wildman–Crippen LogP) is 5.37. The molecule has 0 aliphatic rings. The first kappa shape index (κ1) is 23.9. The number of rotatable bonds is 4. The van der Waals surface area contributed by atoms with Crippen LogP contribution in [0.15, 0.2) is 58.5 Å². The average molecular weight is 478 g/mol. The van der Waals surface area contributed by atoms with Crippen LogP contribution in [-0.4, -0.2) is 32.4 Å². The van der Waals surface area contributed by atoms with Gasteiger partial charge in [0.1, 0.15) is 0 Å². The standard InChI is InChI=1S/C19H16Cl2F3N3O2S/c1-30(28,29)18(26-11-25)27-16-5-2-12(3-6-16)4-7-17(19(22,23)24)13-8-14(20)10-15(21)9-13/h2-11,17H,1H3,(H2,25,26,27)/b7-4+. The van der Waals surface area contributed by atoms with Gasteiger partial charge in [-0.25, -0.2) is 18.4 Å². The van der Waals surface area contributed by atoms with E-state index in [1.54, 1.807) is 0 Å². The first-order valence-electron chi connectivity index (χ1n) is 8.24. The SMILES string of the molecule is CS(=O)(=O)C(=Nc1ccc(/C=C/C(c2cc(Cl)cc(Cl)c2)C(F)(F)F)cc1)/N=C\N. The van der Waals surface area contributed by atoms with E-state index in [1.807, 2.05) is 0 Å². The Morgan fingerprint density at radius 3 is 2.13 bits per heavy atom. The number of benzene rings is 2. The molecule has 0 fully saturated rings. The van der Waals surface area contributed by atoms with Crippen molar-refractivity contribution in [3.8, 4) is 0 Å². The number of hydrogen-bond donors (Lipinski definition) is 1. The van der Waals surface area contributed by atoms with Gasteiger partial charge < -0.3 is 5.73 Å². The molecular formula is C19H16Cl2F3N3O2S. The summed E-state index contributed by atoms with van der Waals surface area (Å²) in [6, 6.07) is 9.62. The lowest BCUT2D eigenvalue weighted by atomic mass is 9.97. The van der Waals surface area contributed by atoms with Crippen molar-refractivity contribution in [2.75, 3.05) is 6.26 Å². The molecule has 2 N–H and O–H groups in total. The number of sulfone groups is 1. The first-order valence-corrected chi connectivity index (χ1v) is 10.9. The van der Waals surface area contributed by atoms with Gasteiger partial charge in [0.05, 0.1) is 17.9 Å². The summed E-state index contributed by atoms with van der Waals surface area (Å²) in [5, 5.41) is -0.281. The Hall–Kier alpha value is -2.36. The van der Waals surface area contributed by atoms with Crippen molar-refractivity contribution < 1.29 is 21.6 Å². The van der Waals surface area contributed by atoms with E-state index in [2.05, 4.69) is 9.98 Å². The van der Waals surface area contributed by atoms with Crippen molar-refractivity contribution in [2.24, 2.45) is 15.7 Å². The second kappa shape index (κ2) is 9.63. The van der Waals surface area contributed by atoms with E-state index in [-0.39, 0.29) is 21.3 Å². The fraction of sp³-hybridized carbons (Fsp3) is 0.158. The van der Waals surface area contributed by atoms with Gasteiger partial charge in [0.15, 0.2) is 0 Å². The van der Waals surface area contributed by atoms with Crippen LogP contribution in [0.1, 0.15) is 17.0 Å². The van der Waals surface area contributed by atoms with Crippen LogP contribution in [0.25, 0.3) is 6.08 Å².